The molecule has 0 unspecified atom stereocenters. The zero-order chi connectivity index (χ0) is 20.7. The van der Waals surface area contributed by atoms with Gasteiger partial charge in [-0.25, -0.2) is 26.9 Å². The number of aromatic nitrogens is 1. The number of nitrogen functional groups attached to an aromatic ring is 1. The van der Waals surface area contributed by atoms with Crippen LogP contribution in [0.1, 0.15) is 16.7 Å². The molecule has 0 aliphatic rings. The van der Waals surface area contributed by atoms with Gasteiger partial charge in [0, 0.05) is 11.1 Å². The molecule has 142 valence electrons. The minimum absolute atomic E-state index is 0.136. The predicted molar refractivity (Wildman–Crippen MR) is 93.5 cm³/mol. The number of benzene rings is 2. The molecule has 0 spiro atoms. The number of aryl methyl sites for hydroxylation is 2. The summed E-state index contributed by atoms with van der Waals surface area (Å²) in [6.07, 6.45) is 0. The molecule has 0 saturated heterocycles. The van der Waals surface area contributed by atoms with Gasteiger partial charge in [0.15, 0.2) is 23.3 Å². The molecular formula is C20H12F5N3. The van der Waals surface area contributed by atoms with Gasteiger partial charge < -0.3 is 5.73 Å². The zero-order valence-corrected chi connectivity index (χ0v) is 14.7. The standard InChI is InChI=1S/C20H12F5N3/c1-8-3-4-9(2)10(5-8)13-6-11(12(7-26)20(27)28-13)14-15(21)17(23)19(25)18(24)16(14)22/h3-6H,1-2H3,(H2,27,28). The molecular weight excluding hydrogens is 377 g/mol. The summed E-state index contributed by atoms with van der Waals surface area (Å²) in [5, 5.41) is 9.32. The number of nitrogens with two attached hydrogens (primary N) is 1. The van der Waals surface area contributed by atoms with Gasteiger partial charge in [-0.3, -0.25) is 0 Å². The maximum Gasteiger partial charge on any atom is 0.200 e. The van der Waals surface area contributed by atoms with E-state index in [4.69, 9.17) is 5.73 Å². The number of hydrogen-bond donors (Lipinski definition) is 1. The Balaban J connectivity index is 2.42. The molecule has 2 N–H and O–H groups in total. The van der Waals surface area contributed by atoms with Crippen LogP contribution in [0.2, 0.25) is 0 Å². The first-order valence-corrected chi connectivity index (χ1v) is 7.97. The number of nitriles is 1. The lowest BCUT2D eigenvalue weighted by Gasteiger charge is -2.14. The van der Waals surface area contributed by atoms with E-state index in [0.717, 1.165) is 17.2 Å². The SMILES string of the molecule is Cc1ccc(C)c(-c2cc(-c3c(F)c(F)c(F)c(F)c3F)c(C#N)c(N)n2)c1. The highest BCUT2D eigenvalue weighted by Crippen LogP contribution is 2.37. The molecule has 0 atom stereocenters. The maximum atomic E-state index is 14.3. The summed E-state index contributed by atoms with van der Waals surface area (Å²) < 4.78 is 69.4. The molecule has 3 rings (SSSR count). The Morgan fingerprint density at radius 3 is 2.00 bits per heavy atom. The van der Waals surface area contributed by atoms with Crippen molar-refractivity contribution >= 4 is 5.82 Å². The lowest BCUT2D eigenvalue weighted by Crippen LogP contribution is -2.07. The Hall–Kier alpha value is -3.47. The number of rotatable bonds is 2. The zero-order valence-electron chi connectivity index (χ0n) is 14.7. The normalized spacial score (nSPS) is 10.8. The number of pyridine rings is 1. The predicted octanol–water partition coefficient (Wildman–Crippen LogP) is 5.18. The largest absolute Gasteiger partial charge is 0.383 e. The molecule has 0 bridgehead atoms. The van der Waals surface area contributed by atoms with Crippen molar-refractivity contribution in [3.8, 4) is 28.5 Å². The average Bonchev–Trinajstić information content (AvgIpc) is 2.66. The summed E-state index contributed by atoms with van der Waals surface area (Å²) in [6, 6.07) is 8.04. The Kier molecular flexibility index (Phi) is 4.77. The summed E-state index contributed by atoms with van der Waals surface area (Å²) in [5.74, 6) is -11.0. The summed E-state index contributed by atoms with van der Waals surface area (Å²) in [6.45, 7) is 3.56. The highest BCUT2D eigenvalue weighted by Gasteiger charge is 2.29. The van der Waals surface area contributed by atoms with Crippen LogP contribution in [-0.4, -0.2) is 4.98 Å². The van der Waals surface area contributed by atoms with Gasteiger partial charge >= 0.3 is 0 Å². The molecule has 0 aliphatic heterocycles. The van der Waals surface area contributed by atoms with E-state index in [1.807, 2.05) is 6.07 Å². The monoisotopic (exact) mass is 389 g/mol. The van der Waals surface area contributed by atoms with E-state index in [9.17, 15) is 27.2 Å². The fraction of sp³-hybridized carbons (Fsp3) is 0.100. The molecule has 0 radical (unpaired) electrons. The van der Waals surface area contributed by atoms with Gasteiger partial charge in [-0.05, 0) is 31.5 Å². The van der Waals surface area contributed by atoms with Crippen molar-refractivity contribution in [2.24, 2.45) is 0 Å². The molecule has 0 saturated carbocycles. The average molecular weight is 389 g/mol. The number of anilines is 1. The van der Waals surface area contributed by atoms with Gasteiger partial charge in [-0.15, -0.1) is 0 Å². The second-order valence-electron chi connectivity index (χ2n) is 6.19. The molecule has 0 amide bonds. The van der Waals surface area contributed by atoms with Crippen molar-refractivity contribution < 1.29 is 22.0 Å². The van der Waals surface area contributed by atoms with Gasteiger partial charge in [-0.1, -0.05) is 17.7 Å². The van der Waals surface area contributed by atoms with E-state index in [1.54, 1.807) is 32.0 Å². The second-order valence-corrected chi connectivity index (χ2v) is 6.19. The second kappa shape index (κ2) is 6.93. The summed E-state index contributed by atoms with van der Waals surface area (Å²) in [7, 11) is 0. The van der Waals surface area contributed by atoms with E-state index in [1.165, 1.54) is 0 Å². The van der Waals surface area contributed by atoms with Gasteiger partial charge in [0.2, 0.25) is 5.82 Å². The smallest absolute Gasteiger partial charge is 0.200 e. The topological polar surface area (TPSA) is 62.7 Å². The minimum atomic E-state index is -2.28. The van der Waals surface area contributed by atoms with Crippen LogP contribution in [0.15, 0.2) is 24.3 Å². The van der Waals surface area contributed by atoms with Crippen molar-refractivity contribution in [3.63, 3.8) is 0 Å². The number of hydrogen-bond acceptors (Lipinski definition) is 3. The van der Waals surface area contributed by atoms with Crippen LogP contribution in [0, 0.1) is 54.3 Å². The van der Waals surface area contributed by atoms with Crippen LogP contribution in [0.3, 0.4) is 0 Å². The highest BCUT2D eigenvalue weighted by atomic mass is 19.2. The maximum absolute atomic E-state index is 14.3. The van der Waals surface area contributed by atoms with Gasteiger partial charge in [-0.2, -0.15) is 5.26 Å². The molecule has 2 aromatic carbocycles. The molecule has 1 aromatic heterocycles. The molecule has 8 heteroatoms. The third-order valence-corrected chi connectivity index (χ3v) is 4.31. The van der Waals surface area contributed by atoms with Gasteiger partial charge in [0.05, 0.1) is 11.3 Å². The molecule has 0 aliphatic carbocycles. The Morgan fingerprint density at radius 2 is 1.43 bits per heavy atom. The van der Waals surface area contributed by atoms with E-state index >= 15 is 0 Å². The van der Waals surface area contributed by atoms with E-state index in [-0.39, 0.29) is 11.5 Å². The lowest BCUT2D eigenvalue weighted by atomic mass is 9.95. The Labute approximate surface area is 156 Å². The van der Waals surface area contributed by atoms with Crippen LogP contribution in [0.4, 0.5) is 27.8 Å². The summed E-state index contributed by atoms with van der Waals surface area (Å²) in [4.78, 5) is 4.07. The van der Waals surface area contributed by atoms with Crippen LogP contribution in [0.5, 0.6) is 0 Å². The minimum Gasteiger partial charge on any atom is -0.383 e. The first-order chi connectivity index (χ1) is 13.2. The van der Waals surface area contributed by atoms with E-state index in [2.05, 4.69) is 4.98 Å². The fourth-order valence-electron chi connectivity index (χ4n) is 2.87. The van der Waals surface area contributed by atoms with Crippen molar-refractivity contribution in [2.75, 3.05) is 5.73 Å². The van der Waals surface area contributed by atoms with E-state index < -0.39 is 45.8 Å². The fourth-order valence-corrected chi connectivity index (χ4v) is 2.87. The van der Waals surface area contributed by atoms with Crippen molar-refractivity contribution in [3.05, 3.63) is 70.0 Å². The molecule has 3 nitrogen and oxygen atoms in total. The molecule has 0 fully saturated rings. The van der Waals surface area contributed by atoms with Crippen molar-refractivity contribution in [2.45, 2.75) is 13.8 Å². The van der Waals surface area contributed by atoms with Crippen LogP contribution in [0.25, 0.3) is 22.4 Å². The molecule has 28 heavy (non-hydrogen) atoms. The Morgan fingerprint density at radius 1 is 0.857 bits per heavy atom. The summed E-state index contributed by atoms with van der Waals surface area (Å²) >= 11 is 0. The van der Waals surface area contributed by atoms with E-state index in [0.29, 0.717) is 5.56 Å². The van der Waals surface area contributed by atoms with Gasteiger partial charge in [0.1, 0.15) is 17.5 Å². The molecule has 3 aromatic rings. The highest BCUT2D eigenvalue weighted by molar-refractivity contribution is 5.81. The van der Waals surface area contributed by atoms with Crippen molar-refractivity contribution in [1.82, 2.24) is 4.98 Å². The number of nitrogens with zero attached hydrogens (tertiary/aromatic N) is 2. The Bertz CT molecular complexity index is 1140. The van der Waals surface area contributed by atoms with Crippen LogP contribution < -0.4 is 5.73 Å². The lowest BCUT2D eigenvalue weighted by molar-refractivity contribution is 0.381. The quantitative estimate of drug-likeness (QED) is 0.373. The van der Waals surface area contributed by atoms with Crippen LogP contribution in [-0.2, 0) is 0 Å². The first kappa shape index (κ1) is 19.3. The third kappa shape index (κ3) is 2.95. The van der Waals surface area contributed by atoms with Gasteiger partial charge in [0.25, 0.3) is 0 Å². The first-order valence-electron chi connectivity index (χ1n) is 7.97. The van der Waals surface area contributed by atoms with Crippen molar-refractivity contribution in [1.29, 1.82) is 5.26 Å². The molecule has 1 heterocycles. The summed E-state index contributed by atoms with van der Waals surface area (Å²) in [5.41, 5.74) is 5.79. The van der Waals surface area contributed by atoms with Crippen LogP contribution >= 0.6 is 0 Å². The number of halogens is 5. The third-order valence-electron chi connectivity index (χ3n) is 4.31.